The topological polar surface area (TPSA) is 75.6 Å². The number of carbonyl (C=O) groups is 1. The van der Waals surface area contributed by atoms with Crippen LogP contribution >= 0.6 is 11.6 Å². The first-order valence-electron chi connectivity index (χ1n) is 7.93. The summed E-state index contributed by atoms with van der Waals surface area (Å²) in [4.78, 5) is 12.1. The Hall–Kier alpha value is -2.67. The summed E-state index contributed by atoms with van der Waals surface area (Å²) < 4.78 is 14.8. The number of nitrogens with one attached hydrogen (secondary N) is 2. The molecule has 0 aliphatic heterocycles. The molecule has 0 atom stereocenters. The van der Waals surface area contributed by atoms with Crippen molar-refractivity contribution >= 4 is 23.3 Å². The number of H-pyrrole nitrogens is 1. The molecule has 128 valence electrons. The predicted octanol–water partition coefficient (Wildman–Crippen LogP) is 3.45. The van der Waals surface area contributed by atoms with Gasteiger partial charge in [0.1, 0.15) is 11.6 Å². The molecule has 4 rings (SSSR count). The number of aromatic nitrogens is 4. The number of benzene rings is 1. The molecule has 0 spiro atoms. The van der Waals surface area contributed by atoms with Crippen LogP contribution < -0.4 is 5.32 Å². The van der Waals surface area contributed by atoms with E-state index in [0.29, 0.717) is 23.1 Å². The molecule has 0 saturated heterocycles. The van der Waals surface area contributed by atoms with Crippen molar-refractivity contribution in [3.05, 3.63) is 58.8 Å². The fourth-order valence-corrected chi connectivity index (χ4v) is 2.75. The molecular formula is C17H15ClFN5O. The maximum atomic E-state index is 13.2. The fourth-order valence-electron chi connectivity index (χ4n) is 2.58. The molecular weight excluding hydrogens is 345 g/mol. The first-order valence-corrected chi connectivity index (χ1v) is 8.31. The van der Waals surface area contributed by atoms with E-state index in [2.05, 4.69) is 20.6 Å². The largest absolute Gasteiger partial charge is 0.311 e. The van der Waals surface area contributed by atoms with Crippen LogP contribution in [0.1, 0.15) is 30.1 Å². The van der Waals surface area contributed by atoms with Gasteiger partial charge in [-0.05, 0) is 37.1 Å². The van der Waals surface area contributed by atoms with Gasteiger partial charge in [-0.1, -0.05) is 11.6 Å². The van der Waals surface area contributed by atoms with Crippen LogP contribution in [0.25, 0.3) is 5.69 Å². The molecule has 2 heterocycles. The quantitative estimate of drug-likeness (QED) is 0.732. The first kappa shape index (κ1) is 15.8. The third-order valence-electron chi connectivity index (χ3n) is 4.02. The van der Waals surface area contributed by atoms with Crippen LogP contribution in [0.3, 0.4) is 0 Å². The van der Waals surface area contributed by atoms with Crippen LogP contribution in [0.2, 0.25) is 5.02 Å². The lowest BCUT2D eigenvalue weighted by molar-refractivity contribution is -0.115. The van der Waals surface area contributed by atoms with Crippen molar-refractivity contribution in [3.63, 3.8) is 0 Å². The standard InChI is InChI=1S/C17H15ClFN5O/c18-13-8-12(3-4-14(13)19)24-6-5-11(23-24)7-17(25)20-16-9-15(21-22-16)10-1-2-10/h3-6,8-10H,1-2,7H2,(H2,20,21,22,25). The van der Waals surface area contributed by atoms with Gasteiger partial charge in [-0.2, -0.15) is 10.2 Å². The van der Waals surface area contributed by atoms with Gasteiger partial charge in [0, 0.05) is 18.2 Å². The molecule has 2 N–H and O–H groups in total. The van der Waals surface area contributed by atoms with Crippen molar-refractivity contribution in [2.24, 2.45) is 0 Å². The second kappa shape index (κ2) is 6.33. The van der Waals surface area contributed by atoms with Crippen LogP contribution in [0.4, 0.5) is 10.2 Å². The Kier molecular flexibility index (Phi) is 4.01. The van der Waals surface area contributed by atoms with Crippen LogP contribution in [0.15, 0.2) is 36.5 Å². The molecule has 8 heteroatoms. The maximum Gasteiger partial charge on any atom is 0.231 e. The second-order valence-corrected chi connectivity index (χ2v) is 6.46. The van der Waals surface area contributed by atoms with E-state index in [4.69, 9.17) is 11.6 Å². The van der Waals surface area contributed by atoms with E-state index in [0.717, 1.165) is 18.5 Å². The SMILES string of the molecule is O=C(Cc1ccn(-c2ccc(F)c(Cl)c2)n1)Nc1cc(C2CC2)n[nH]1. The lowest BCUT2D eigenvalue weighted by atomic mass is 10.3. The Morgan fingerprint density at radius 1 is 1.36 bits per heavy atom. The van der Waals surface area contributed by atoms with Crippen molar-refractivity contribution in [2.75, 3.05) is 5.32 Å². The van der Waals surface area contributed by atoms with Crippen molar-refractivity contribution in [2.45, 2.75) is 25.2 Å². The third-order valence-corrected chi connectivity index (χ3v) is 4.31. The molecule has 1 aromatic carbocycles. The summed E-state index contributed by atoms with van der Waals surface area (Å²) in [6.45, 7) is 0. The van der Waals surface area contributed by atoms with E-state index in [-0.39, 0.29) is 17.4 Å². The maximum absolute atomic E-state index is 13.2. The summed E-state index contributed by atoms with van der Waals surface area (Å²) in [5, 5.41) is 14.2. The third kappa shape index (κ3) is 3.56. The number of anilines is 1. The highest BCUT2D eigenvalue weighted by atomic mass is 35.5. The number of hydrogen-bond acceptors (Lipinski definition) is 3. The van der Waals surface area contributed by atoms with Gasteiger partial charge < -0.3 is 5.32 Å². The normalized spacial score (nSPS) is 13.8. The Bertz CT molecular complexity index is 931. The molecule has 0 unspecified atom stereocenters. The monoisotopic (exact) mass is 359 g/mol. The lowest BCUT2D eigenvalue weighted by Gasteiger charge is -2.03. The van der Waals surface area contributed by atoms with Gasteiger partial charge in [0.25, 0.3) is 0 Å². The number of rotatable bonds is 5. The van der Waals surface area contributed by atoms with Gasteiger partial charge in [-0.25, -0.2) is 9.07 Å². The van der Waals surface area contributed by atoms with Crippen LogP contribution in [0, 0.1) is 5.82 Å². The van der Waals surface area contributed by atoms with Crippen LogP contribution in [0.5, 0.6) is 0 Å². The average molecular weight is 360 g/mol. The van der Waals surface area contributed by atoms with Gasteiger partial charge in [0.2, 0.25) is 5.91 Å². The van der Waals surface area contributed by atoms with E-state index in [1.54, 1.807) is 23.0 Å². The fraction of sp³-hybridized carbons (Fsp3) is 0.235. The molecule has 1 aliphatic rings. The van der Waals surface area contributed by atoms with Crippen molar-refractivity contribution in [1.82, 2.24) is 20.0 Å². The average Bonchev–Trinajstić information content (AvgIpc) is 3.16. The smallest absolute Gasteiger partial charge is 0.231 e. The van der Waals surface area contributed by atoms with Gasteiger partial charge in [-0.3, -0.25) is 9.89 Å². The van der Waals surface area contributed by atoms with Crippen molar-refractivity contribution < 1.29 is 9.18 Å². The second-order valence-electron chi connectivity index (χ2n) is 6.06. The number of halogens is 2. The Morgan fingerprint density at radius 2 is 2.20 bits per heavy atom. The van der Waals surface area contributed by atoms with E-state index >= 15 is 0 Å². The van der Waals surface area contributed by atoms with Crippen molar-refractivity contribution in [3.8, 4) is 5.69 Å². The van der Waals surface area contributed by atoms with E-state index in [9.17, 15) is 9.18 Å². The van der Waals surface area contributed by atoms with Gasteiger partial charge >= 0.3 is 0 Å². The summed E-state index contributed by atoms with van der Waals surface area (Å²) in [5.41, 5.74) is 2.22. The van der Waals surface area contributed by atoms with Gasteiger partial charge in [0.15, 0.2) is 0 Å². The van der Waals surface area contributed by atoms with E-state index in [1.807, 2.05) is 6.07 Å². The minimum Gasteiger partial charge on any atom is -0.311 e. The molecule has 1 saturated carbocycles. The zero-order chi connectivity index (χ0) is 17.4. The highest BCUT2D eigenvalue weighted by Crippen LogP contribution is 2.39. The molecule has 1 aliphatic carbocycles. The summed E-state index contributed by atoms with van der Waals surface area (Å²) in [7, 11) is 0. The molecule has 1 amide bonds. The molecule has 1 fully saturated rings. The molecule has 0 radical (unpaired) electrons. The molecule has 25 heavy (non-hydrogen) atoms. The first-order chi connectivity index (χ1) is 12.1. The van der Waals surface area contributed by atoms with E-state index in [1.165, 1.54) is 12.1 Å². The Morgan fingerprint density at radius 3 is 2.96 bits per heavy atom. The van der Waals surface area contributed by atoms with Gasteiger partial charge in [0.05, 0.1) is 28.5 Å². The summed E-state index contributed by atoms with van der Waals surface area (Å²) in [6, 6.07) is 7.94. The minimum atomic E-state index is -0.484. The summed E-state index contributed by atoms with van der Waals surface area (Å²) in [5.74, 6) is 0.451. The highest BCUT2D eigenvalue weighted by molar-refractivity contribution is 6.30. The molecule has 0 bridgehead atoms. The molecule has 2 aromatic heterocycles. The number of aromatic amines is 1. The minimum absolute atomic E-state index is 0.0259. The Labute approximate surface area is 148 Å². The van der Waals surface area contributed by atoms with Crippen LogP contribution in [-0.2, 0) is 11.2 Å². The number of carbonyl (C=O) groups excluding carboxylic acids is 1. The molecule has 6 nitrogen and oxygen atoms in total. The number of amides is 1. The van der Waals surface area contributed by atoms with E-state index < -0.39 is 5.82 Å². The summed E-state index contributed by atoms with van der Waals surface area (Å²) in [6.07, 6.45) is 4.14. The summed E-state index contributed by atoms with van der Waals surface area (Å²) >= 11 is 5.78. The zero-order valence-electron chi connectivity index (χ0n) is 13.2. The van der Waals surface area contributed by atoms with Crippen molar-refractivity contribution in [1.29, 1.82) is 0 Å². The lowest BCUT2D eigenvalue weighted by Crippen LogP contribution is -2.15. The van der Waals surface area contributed by atoms with Crippen LogP contribution in [-0.4, -0.2) is 25.9 Å². The number of hydrogen-bond donors (Lipinski definition) is 2. The molecule has 3 aromatic rings. The highest BCUT2D eigenvalue weighted by Gasteiger charge is 2.26. The predicted molar refractivity (Wildman–Crippen MR) is 91.4 cm³/mol. The zero-order valence-corrected chi connectivity index (χ0v) is 13.9. The van der Waals surface area contributed by atoms with Gasteiger partial charge in [-0.15, -0.1) is 0 Å². The number of nitrogens with zero attached hydrogens (tertiary/aromatic N) is 3. The Balaban J connectivity index is 1.41.